The number of aldehydes is 1. The summed E-state index contributed by atoms with van der Waals surface area (Å²) in [5.74, 6) is -0.0630. The summed E-state index contributed by atoms with van der Waals surface area (Å²) in [6.45, 7) is 2.76. The molecule has 1 aromatic carbocycles. The number of hydrogen-bond donors (Lipinski definition) is 0. The molecule has 1 amide bonds. The topological polar surface area (TPSA) is 49.9 Å². The standard InChI is InChI=1S/C14H18N2O3/c1-15(2)14(18)11-3-4-12(10-17)13(9-11)16-5-7-19-8-6-16/h3-4,9-10H,5-8H2,1-2H3. The van der Waals surface area contributed by atoms with Gasteiger partial charge in [-0.15, -0.1) is 0 Å². The minimum absolute atomic E-state index is 0.0630. The van der Waals surface area contributed by atoms with E-state index in [9.17, 15) is 9.59 Å². The van der Waals surface area contributed by atoms with E-state index in [2.05, 4.69) is 4.90 Å². The largest absolute Gasteiger partial charge is 0.378 e. The fourth-order valence-electron chi connectivity index (χ4n) is 2.11. The lowest BCUT2D eigenvalue weighted by Crippen LogP contribution is -2.37. The summed E-state index contributed by atoms with van der Waals surface area (Å²) in [4.78, 5) is 26.7. The van der Waals surface area contributed by atoms with E-state index in [-0.39, 0.29) is 5.91 Å². The SMILES string of the molecule is CN(C)C(=O)c1ccc(C=O)c(N2CCOCC2)c1. The van der Waals surface area contributed by atoms with Gasteiger partial charge in [-0.1, -0.05) is 0 Å². The zero-order valence-electron chi connectivity index (χ0n) is 11.3. The van der Waals surface area contributed by atoms with Crippen LogP contribution in [-0.2, 0) is 4.74 Å². The third-order valence-corrected chi connectivity index (χ3v) is 3.16. The van der Waals surface area contributed by atoms with Gasteiger partial charge in [0.25, 0.3) is 5.91 Å². The van der Waals surface area contributed by atoms with Crippen LogP contribution in [0.5, 0.6) is 0 Å². The van der Waals surface area contributed by atoms with E-state index >= 15 is 0 Å². The molecule has 0 aromatic heterocycles. The fraction of sp³-hybridized carbons (Fsp3) is 0.429. The van der Waals surface area contributed by atoms with Gasteiger partial charge in [0.05, 0.1) is 13.2 Å². The second kappa shape index (κ2) is 5.84. The van der Waals surface area contributed by atoms with E-state index in [0.29, 0.717) is 24.3 Å². The Balaban J connectivity index is 2.35. The highest BCUT2D eigenvalue weighted by Gasteiger charge is 2.17. The van der Waals surface area contributed by atoms with Crippen LogP contribution in [0.3, 0.4) is 0 Å². The lowest BCUT2D eigenvalue weighted by Gasteiger charge is -2.30. The van der Waals surface area contributed by atoms with E-state index in [1.807, 2.05) is 0 Å². The molecular weight excluding hydrogens is 244 g/mol. The van der Waals surface area contributed by atoms with Crippen molar-refractivity contribution in [3.8, 4) is 0 Å². The monoisotopic (exact) mass is 262 g/mol. The van der Waals surface area contributed by atoms with Gasteiger partial charge in [0.15, 0.2) is 6.29 Å². The lowest BCUT2D eigenvalue weighted by molar-refractivity contribution is 0.0827. The number of ether oxygens (including phenoxy) is 1. The second-order valence-corrected chi connectivity index (χ2v) is 4.69. The summed E-state index contributed by atoms with van der Waals surface area (Å²) >= 11 is 0. The van der Waals surface area contributed by atoms with Gasteiger partial charge >= 0.3 is 0 Å². The Morgan fingerprint density at radius 3 is 2.58 bits per heavy atom. The molecule has 0 aliphatic carbocycles. The number of morpholine rings is 1. The van der Waals surface area contributed by atoms with Crippen molar-refractivity contribution in [2.45, 2.75) is 0 Å². The summed E-state index contributed by atoms with van der Waals surface area (Å²) < 4.78 is 5.31. The Morgan fingerprint density at radius 2 is 2.00 bits per heavy atom. The summed E-state index contributed by atoms with van der Waals surface area (Å²) in [5, 5.41) is 0. The summed E-state index contributed by atoms with van der Waals surface area (Å²) in [6, 6.07) is 5.18. The van der Waals surface area contributed by atoms with Gasteiger partial charge in [-0.3, -0.25) is 9.59 Å². The maximum Gasteiger partial charge on any atom is 0.253 e. The van der Waals surface area contributed by atoms with Gasteiger partial charge in [0.2, 0.25) is 0 Å². The maximum absolute atomic E-state index is 12.0. The van der Waals surface area contributed by atoms with Crippen LogP contribution in [0, 0.1) is 0 Å². The number of hydrogen-bond acceptors (Lipinski definition) is 4. The Kier molecular flexibility index (Phi) is 4.16. The first-order valence-electron chi connectivity index (χ1n) is 6.27. The molecule has 19 heavy (non-hydrogen) atoms. The molecule has 1 saturated heterocycles. The van der Waals surface area contributed by atoms with Crippen molar-refractivity contribution in [3.05, 3.63) is 29.3 Å². The number of rotatable bonds is 3. The molecule has 0 unspecified atom stereocenters. The highest BCUT2D eigenvalue weighted by molar-refractivity contribution is 5.97. The Bertz CT molecular complexity index is 480. The molecule has 1 fully saturated rings. The maximum atomic E-state index is 12.0. The van der Waals surface area contributed by atoms with Gasteiger partial charge in [-0.05, 0) is 18.2 Å². The first kappa shape index (κ1) is 13.5. The molecule has 0 spiro atoms. The van der Waals surface area contributed by atoms with Crippen LogP contribution in [0.4, 0.5) is 5.69 Å². The van der Waals surface area contributed by atoms with Crippen LogP contribution >= 0.6 is 0 Å². The van der Waals surface area contributed by atoms with Gasteiger partial charge in [0, 0.05) is 44.0 Å². The quantitative estimate of drug-likeness (QED) is 0.764. The molecule has 0 bridgehead atoms. The zero-order valence-corrected chi connectivity index (χ0v) is 11.3. The van der Waals surface area contributed by atoms with Gasteiger partial charge in [-0.2, -0.15) is 0 Å². The molecule has 0 saturated carbocycles. The van der Waals surface area contributed by atoms with Crippen LogP contribution < -0.4 is 4.90 Å². The van der Waals surface area contributed by atoms with E-state index in [0.717, 1.165) is 25.1 Å². The normalized spacial score (nSPS) is 15.2. The highest BCUT2D eigenvalue weighted by Crippen LogP contribution is 2.22. The van der Waals surface area contributed by atoms with Crippen molar-refractivity contribution in [1.82, 2.24) is 4.90 Å². The Morgan fingerprint density at radius 1 is 1.32 bits per heavy atom. The fourth-order valence-corrected chi connectivity index (χ4v) is 2.11. The lowest BCUT2D eigenvalue weighted by atomic mass is 10.1. The van der Waals surface area contributed by atoms with Gasteiger partial charge in [-0.25, -0.2) is 0 Å². The third-order valence-electron chi connectivity index (χ3n) is 3.16. The van der Waals surface area contributed by atoms with E-state index < -0.39 is 0 Å². The van der Waals surface area contributed by atoms with Crippen molar-refractivity contribution >= 4 is 17.9 Å². The van der Waals surface area contributed by atoms with Crippen molar-refractivity contribution in [2.24, 2.45) is 0 Å². The average molecular weight is 262 g/mol. The third kappa shape index (κ3) is 2.93. The Hall–Kier alpha value is -1.88. The average Bonchev–Trinajstić information content (AvgIpc) is 2.46. The summed E-state index contributed by atoms with van der Waals surface area (Å²) in [5.41, 5.74) is 2.01. The molecule has 2 rings (SSSR count). The molecule has 1 aliphatic rings. The molecular formula is C14H18N2O3. The Labute approximate surface area is 112 Å². The second-order valence-electron chi connectivity index (χ2n) is 4.69. The van der Waals surface area contributed by atoms with Gasteiger partial charge < -0.3 is 14.5 Å². The molecule has 1 aromatic rings. The van der Waals surface area contributed by atoms with Crippen LogP contribution in [0.2, 0.25) is 0 Å². The number of carbonyl (C=O) groups is 2. The number of anilines is 1. The van der Waals surface area contributed by atoms with Crippen LogP contribution in [0.1, 0.15) is 20.7 Å². The molecule has 1 heterocycles. The van der Waals surface area contributed by atoms with Crippen LogP contribution in [0.25, 0.3) is 0 Å². The number of benzene rings is 1. The van der Waals surface area contributed by atoms with Crippen molar-refractivity contribution in [2.75, 3.05) is 45.3 Å². The molecule has 0 atom stereocenters. The van der Waals surface area contributed by atoms with E-state index in [4.69, 9.17) is 4.74 Å². The minimum atomic E-state index is -0.0630. The van der Waals surface area contributed by atoms with Crippen molar-refractivity contribution in [3.63, 3.8) is 0 Å². The van der Waals surface area contributed by atoms with E-state index in [1.165, 1.54) is 4.90 Å². The van der Waals surface area contributed by atoms with Crippen molar-refractivity contribution in [1.29, 1.82) is 0 Å². The molecule has 0 radical (unpaired) electrons. The van der Waals surface area contributed by atoms with E-state index in [1.54, 1.807) is 32.3 Å². The molecule has 102 valence electrons. The summed E-state index contributed by atoms with van der Waals surface area (Å²) in [6.07, 6.45) is 0.828. The predicted molar refractivity (Wildman–Crippen MR) is 72.9 cm³/mol. The van der Waals surface area contributed by atoms with Crippen LogP contribution in [-0.4, -0.2) is 57.5 Å². The van der Waals surface area contributed by atoms with Gasteiger partial charge in [0.1, 0.15) is 0 Å². The smallest absolute Gasteiger partial charge is 0.253 e. The van der Waals surface area contributed by atoms with Crippen molar-refractivity contribution < 1.29 is 14.3 Å². The zero-order chi connectivity index (χ0) is 13.8. The number of nitrogens with zero attached hydrogens (tertiary/aromatic N) is 2. The predicted octanol–water partition coefficient (Wildman–Crippen LogP) is 1.04. The molecule has 1 aliphatic heterocycles. The minimum Gasteiger partial charge on any atom is -0.378 e. The molecule has 5 heteroatoms. The number of carbonyl (C=O) groups excluding carboxylic acids is 2. The first-order chi connectivity index (χ1) is 9.13. The highest BCUT2D eigenvalue weighted by atomic mass is 16.5. The van der Waals surface area contributed by atoms with Crippen LogP contribution in [0.15, 0.2) is 18.2 Å². The molecule has 0 N–H and O–H groups in total. The number of amides is 1. The first-order valence-corrected chi connectivity index (χ1v) is 6.27. The molecule has 5 nitrogen and oxygen atoms in total. The summed E-state index contributed by atoms with van der Waals surface area (Å²) in [7, 11) is 3.43.